The van der Waals surface area contributed by atoms with E-state index in [1.54, 1.807) is 26.4 Å². The molecule has 0 N–H and O–H groups in total. The van der Waals surface area contributed by atoms with Gasteiger partial charge < -0.3 is 13.9 Å². The summed E-state index contributed by atoms with van der Waals surface area (Å²) in [6, 6.07) is 1.91. The number of esters is 1. The summed E-state index contributed by atoms with van der Waals surface area (Å²) in [4.78, 5) is 12.0. The van der Waals surface area contributed by atoms with Crippen molar-refractivity contribution >= 4 is 23.0 Å². The van der Waals surface area contributed by atoms with Crippen LogP contribution in [0.25, 0.3) is 17.0 Å². The minimum atomic E-state index is -0.294. The number of hydrogen-bond acceptors (Lipinski definition) is 4. The van der Waals surface area contributed by atoms with Gasteiger partial charge in [0.25, 0.3) is 0 Å². The number of fused-ring (bicyclic) bond motifs is 2. The van der Waals surface area contributed by atoms with E-state index in [1.165, 1.54) is 5.56 Å². The first kappa shape index (κ1) is 16.4. The van der Waals surface area contributed by atoms with E-state index in [4.69, 9.17) is 13.9 Å². The van der Waals surface area contributed by atoms with Crippen LogP contribution >= 0.6 is 0 Å². The molecule has 1 aromatic carbocycles. The van der Waals surface area contributed by atoms with E-state index >= 15 is 0 Å². The lowest BCUT2D eigenvalue weighted by Gasteiger charge is -2.24. The van der Waals surface area contributed by atoms with E-state index in [-0.39, 0.29) is 12.6 Å². The molecule has 3 rings (SSSR count). The van der Waals surface area contributed by atoms with Gasteiger partial charge in [0.15, 0.2) is 11.3 Å². The van der Waals surface area contributed by atoms with Crippen molar-refractivity contribution in [3.05, 3.63) is 46.7 Å². The number of hydrogen-bond donors (Lipinski definition) is 0. The van der Waals surface area contributed by atoms with Gasteiger partial charge in [-0.05, 0) is 37.8 Å². The van der Waals surface area contributed by atoms with Crippen LogP contribution in [0.1, 0.15) is 49.8 Å². The van der Waals surface area contributed by atoms with Crippen molar-refractivity contribution in [2.45, 2.75) is 39.7 Å². The molecule has 4 nitrogen and oxygen atoms in total. The maximum Gasteiger partial charge on any atom is 0.333 e. The van der Waals surface area contributed by atoms with Crippen molar-refractivity contribution in [3.63, 3.8) is 0 Å². The lowest BCUT2D eigenvalue weighted by atomic mass is 9.83. The molecule has 4 heteroatoms. The maximum atomic E-state index is 12.0. The first-order valence-corrected chi connectivity index (χ1v) is 8.15. The summed E-state index contributed by atoms with van der Waals surface area (Å²) in [6.45, 7) is 5.98. The minimum Gasteiger partial charge on any atom is -0.492 e. The molecule has 0 fully saturated rings. The molecule has 1 atom stereocenters. The summed E-state index contributed by atoms with van der Waals surface area (Å²) in [7, 11) is 1.65. The monoisotopic (exact) mass is 326 g/mol. The highest BCUT2D eigenvalue weighted by Gasteiger charge is 2.26. The quantitative estimate of drug-likeness (QED) is 0.588. The summed E-state index contributed by atoms with van der Waals surface area (Å²) >= 11 is 0. The zero-order chi connectivity index (χ0) is 17.3. The van der Waals surface area contributed by atoms with Crippen LogP contribution in [0.4, 0.5) is 0 Å². The molecule has 0 saturated heterocycles. The molecule has 24 heavy (non-hydrogen) atoms. The van der Waals surface area contributed by atoms with Crippen LogP contribution in [-0.2, 0) is 16.1 Å². The average molecular weight is 326 g/mol. The summed E-state index contributed by atoms with van der Waals surface area (Å²) in [5.74, 6) is 0.778. The number of benzene rings is 1. The Morgan fingerprint density at radius 1 is 1.46 bits per heavy atom. The minimum absolute atomic E-state index is 0.227. The molecular formula is C20H22O4. The van der Waals surface area contributed by atoms with E-state index < -0.39 is 0 Å². The van der Waals surface area contributed by atoms with Gasteiger partial charge in [-0.3, -0.25) is 0 Å². The standard InChI is InChI=1S/C20H22O4/c1-5-12(2)20(21)24-11-16-14-9-10-23-19(14)18(22-4)15-8-6-7-13(3)17(15)16/h5-6,8-10,13H,7,11H2,1-4H3. The van der Waals surface area contributed by atoms with Crippen LogP contribution in [0.5, 0.6) is 5.75 Å². The Balaban J connectivity index is 2.13. The number of ether oxygens (including phenoxy) is 2. The highest BCUT2D eigenvalue weighted by molar-refractivity contribution is 5.93. The van der Waals surface area contributed by atoms with E-state index in [0.29, 0.717) is 17.1 Å². The van der Waals surface area contributed by atoms with Gasteiger partial charge in [-0.25, -0.2) is 4.79 Å². The summed E-state index contributed by atoms with van der Waals surface area (Å²) in [5.41, 5.74) is 4.50. The zero-order valence-electron chi connectivity index (χ0n) is 14.5. The fourth-order valence-corrected chi connectivity index (χ4v) is 3.24. The maximum absolute atomic E-state index is 12.0. The van der Waals surface area contributed by atoms with Gasteiger partial charge in [-0.1, -0.05) is 25.2 Å². The molecule has 1 aliphatic carbocycles. The second kappa shape index (κ2) is 6.56. The zero-order valence-corrected chi connectivity index (χ0v) is 14.5. The van der Waals surface area contributed by atoms with Crippen LogP contribution in [0.3, 0.4) is 0 Å². The topological polar surface area (TPSA) is 48.7 Å². The molecule has 2 aromatic rings. The summed E-state index contributed by atoms with van der Waals surface area (Å²) in [6.07, 6.45) is 8.57. The number of furan rings is 1. The van der Waals surface area contributed by atoms with E-state index in [1.807, 2.05) is 13.0 Å². The highest BCUT2D eigenvalue weighted by atomic mass is 16.5. The molecule has 126 valence electrons. The average Bonchev–Trinajstić information content (AvgIpc) is 3.07. The molecule has 0 bridgehead atoms. The first-order chi connectivity index (χ1) is 11.6. The molecule has 0 aliphatic heterocycles. The van der Waals surface area contributed by atoms with Gasteiger partial charge in [0.05, 0.1) is 13.4 Å². The van der Waals surface area contributed by atoms with Crippen molar-refractivity contribution in [2.75, 3.05) is 7.11 Å². The fraction of sp³-hybridized carbons (Fsp3) is 0.350. The number of rotatable bonds is 4. The number of carbonyl (C=O) groups is 1. The molecule has 0 radical (unpaired) electrons. The molecule has 0 amide bonds. The Hall–Kier alpha value is -2.49. The van der Waals surface area contributed by atoms with Gasteiger partial charge in [-0.15, -0.1) is 0 Å². The Morgan fingerprint density at radius 3 is 2.96 bits per heavy atom. The van der Waals surface area contributed by atoms with Gasteiger partial charge in [0.2, 0.25) is 0 Å². The van der Waals surface area contributed by atoms with Crippen LogP contribution in [0.2, 0.25) is 0 Å². The third-order valence-corrected chi connectivity index (χ3v) is 4.63. The van der Waals surface area contributed by atoms with Crippen LogP contribution in [-0.4, -0.2) is 13.1 Å². The van der Waals surface area contributed by atoms with Crippen molar-refractivity contribution in [2.24, 2.45) is 0 Å². The number of carbonyl (C=O) groups excluding carboxylic acids is 1. The Labute approximate surface area is 141 Å². The lowest BCUT2D eigenvalue weighted by Crippen LogP contribution is -2.11. The Bertz CT molecular complexity index is 839. The van der Waals surface area contributed by atoms with Gasteiger partial charge in [-0.2, -0.15) is 0 Å². The van der Waals surface area contributed by atoms with Crippen LogP contribution in [0, 0.1) is 0 Å². The molecule has 1 heterocycles. The molecule has 1 unspecified atom stereocenters. The predicted molar refractivity (Wildman–Crippen MR) is 94.1 cm³/mol. The van der Waals surface area contributed by atoms with Crippen LogP contribution < -0.4 is 4.74 Å². The van der Waals surface area contributed by atoms with Crippen molar-refractivity contribution in [3.8, 4) is 5.75 Å². The first-order valence-electron chi connectivity index (χ1n) is 8.15. The van der Waals surface area contributed by atoms with Crippen LogP contribution in [0.15, 0.2) is 34.5 Å². The van der Waals surface area contributed by atoms with Gasteiger partial charge in [0.1, 0.15) is 6.61 Å². The molecule has 0 spiro atoms. The second-order valence-electron chi connectivity index (χ2n) is 6.09. The number of allylic oxidation sites excluding steroid dienone is 2. The second-order valence-corrected chi connectivity index (χ2v) is 6.09. The van der Waals surface area contributed by atoms with Gasteiger partial charge in [0, 0.05) is 22.1 Å². The van der Waals surface area contributed by atoms with Crippen molar-refractivity contribution in [1.82, 2.24) is 0 Å². The smallest absolute Gasteiger partial charge is 0.333 e. The highest BCUT2D eigenvalue weighted by Crippen LogP contribution is 2.44. The largest absolute Gasteiger partial charge is 0.492 e. The molecule has 0 saturated carbocycles. The van der Waals surface area contributed by atoms with Gasteiger partial charge >= 0.3 is 5.97 Å². The Morgan fingerprint density at radius 2 is 2.25 bits per heavy atom. The lowest BCUT2D eigenvalue weighted by molar-refractivity contribution is -0.140. The third-order valence-electron chi connectivity index (χ3n) is 4.63. The van der Waals surface area contributed by atoms with E-state index in [0.717, 1.165) is 28.7 Å². The Kier molecular flexibility index (Phi) is 4.47. The predicted octanol–water partition coefficient (Wildman–Crippen LogP) is 4.97. The summed E-state index contributed by atoms with van der Waals surface area (Å²) in [5, 5.41) is 0.943. The van der Waals surface area contributed by atoms with Crippen molar-refractivity contribution < 1.29 is 18.7 Å². The normalized spacial score (nSPS) is 17.0. The van der Waals surface area contributed by atoms with E-state index in [2.05, 4.69) is 19.1 Å². The SMILES string of the molecule is CC=C(C)C(=O)OCc1c2c(c(OC)c3occc13)C=CCC2C. The van der Waals surface area contributed by atoms with Crippen molar-refractivity contribution in [1.29, 1.82) is 0 Å². The van der Waals surface area contributed by atoms with E-state index in [9.17, 15) is 4.79 Å². The molecule has 1 aromatic heterocycles. The summed E-state index contributed by atoms with van der Waals surface area (Å²) < 4.78 is 16.8. The third kappa shape index (κ3) is 2.62. The molecule has 1 aliphatic rings. The molecular weight excluding hydrogens is 304 g/mol. The fourth-order valence-electron chi connectivity index (χ4n) is 3.24. The number of methoxy groups -OCH3 is 1.